The molecule has 0 aliphatic carbocycles. The molecular weight excluding hydrogens is 242 g/mol. The van der Waals surface area contributed by atoms with Crippen LogP contribution in [0, 0.1) is 23.2 Å². The second kappa shape index (κ2) is 7.89. The maximum Gasteiger partial charge on any atom is 0.203 e. The number of nitrogens with zero attached hydrogens (tertiary/aromatic N) is 1. The predicted molar refractivity (Wildman–Crippen MR) is 72.4 cm³/mol. The molecule has 1 aromatic carbocycles. The Morgan fingerprint density at radius 1 is 0.947 bits per heavy atom. The number of benzene rings is 1. The van der Waals surface area contributed by atoms with Crippen LogP contribution in [-0.4, -0.2) is 19.8 Å². The number of hydrogen-bond acceptors (Lipinski definition) is 4. The molecule has 0 spiro atoms. The van der Waals surface area contributed by atoms with Gasteiger partial charge >= 0.3 is 0 Å². The van der Waals surface area contributed by atoms with Crippen LogP contribution in [0.15, 0.2) is 12.1 Å². The highest BCUT2D eigenvalue weighted by molar-refractivity contribution is 5.57. The second-order valence-corrected chi connectivity index (χ2v) is 3.46. The molecule has 0 unspecified atom stereocenters. The van der Waals surface area contributed by atoms with Crippen molar-refractivity contribution in [3.63, 3.8) is 0 Å². The van der Waals surface area contributed by atoms with Gasteiger partial charge in [0.05, 0.1) is 19.8 Å². The van der Waals surface area contributed by atoms with Crippen LogP contribution >= 0.6 is 0 Å². The highest BCUT2D eigenvalue weighted by atomic mass is 16.5. The van der Waals surface area contributed by atoms with Crippen LogP contribution in [-0.2, 0) is 0 Å². The Hall–Kier alpha value is -2.33. The van der Waals surface area contributed by atoms with Crippen molar-refractivity contribution in [3.05, 3.63) is 17.7 Å². The minimum atomic E-state index is 0.515. The van der Waals surface area contributed by atoms with E-state index in [2.05, 4.69) is 11.8 Å². The zero-order chi connectivity index (χ0) is 14.1. The summed E-state index contributed by atoms with van der Waals surface area (Å²) in [5.41, 5.74) is 0.664. The standard InChI is InChI=1S/C15H17NO3/c1-4-17-13-10-12(8-7-9-16)11-14(18-5-2)15(13)19-6-3/h10-11H,4-6H2,1-3H3. The Kier molecular flexibility index (Phi) is 6.12. The van der Waals surface area contributed by atoms with Crippen molar-refractivity contribution in [3.8, 4) is 35.2 Å². The van der Waals surface area contributed by atoms with Gasteiger partial charge in [0.15, 0.2) is 17.6 Å². The van der Waals surface area contributed by atoms with Crippen molar-refractivity contribution in [2.24, 2.45) is 0 Å². The maximum absolute atomic E-state index is 8.50. The molecule has 0 fully saturated rings. The van der Waals surface area contributed by atoms with Gasteiger partial charge in [-0.15, -0.1) is 0 Å². The first-order chi connectivity index (χ1) is 9.26. The van der Waals surface area contributed by atoms with Crippen LogP contribution in [0.1, 0.15) is 26.3 Å². The fourth-order valence-corrected chi connectivity index (χ4v) is 1.56. The van der Waals surface area contributed by atoms with Gasteiger partial charge < -0.3 is 14.2 Å². The topological polar surface area (TPSA) is 51.5 Å². The van der Waals surface area contributed by atoms with E-state index in [0.29, 0.717) is 42.6 Å². The molecule has 4 heteroatoms. The summed E-state index contributed by atoms with van der Waals surface area (Å²) in [6.07, 6.45) is 0. The Labute approximate surface area is 113 Å². The summed E-state index contributed by atoms with van der Waals surface area (Å²) in [4.78, 5) is 0. The van der Waals surface area contributed by atoms with E-state index in [1.807, 2.05) is 20.8 Å². The van der Waals surface area contributed by atoms with Crippen LogP contribution in [0.2, 0.25) is 0 Å². The Morgan fingerprint density at radius 2 is 1.47 bits per heavy atom. The Bertz CT molecular complexity index is 493. The third-order valence-electron chi connectivity index (χ3n) is 2.17. The van der Waals surface area contributed by atoms with E-state index in [4.69, 9.17) is 19.5 Å². The first-order valence-corrected chi connectivity index (χ1v) is 6.23. The molecule has 4 nitrogen and oxygen atoms in total. The van der Waals surface area contributed by atoms with Crippen molar-refractivity contribution in [1.29, 1.82) is 5.26 Å². The normalized spacial score (nSPS) is 8.95. The molecule has 0 radical (unpaired) electrons. The molecular formula is C15H17NO3. The highest BCUT2D eigenvalue weighted by Crippen LogP contribution is 2.38. The largest absolute Gasteiger partial charge is 0.490 e. The molecule has 0 N–H and O–H groups in total. The Balaban J connectivity index is 3.29. The van der Waals surface area contributed by atoms with Crippen LogP contribution in [0.25, 0.3) is 0 Å². The maximum atomic E-state index is 8.50. The Morgan fingerprint density at radius 3 is 1.89 bits per heavy atom. The summed E-state index contributed by atoms with van der Waals surface area (Å²) in [6, 6.07) is 5.29. The molecule has 0 aliphatic heterocycles. The first-order valence-electron chi connectivity index (χ1n) is 6.23. The van der Waals surface area contributed by atoms with Gasteiger partial charge in [-0.2, -0.15) is 5.26 Å². The summed E-state index contributed by atoms with van der Waals surface area (Å²) >= 11 is 0. The average Bonchev–Trinajstić information content (AvgIpc) is 2.40. The summed E-state index contributed by atoms with van der Waals surface area (Å²) < 4.78 is 16.7. The SMILES string of the molecule is CCOc1cc(C#CC#N)cc(OCC)c1OCC. The molecule has 0 aliphatic rings. The summed E-state index contributed by atoms with van der Waals surface area (Å²) in [6.45, 7) is 7.23. The lowest BCUT2D eigenvalue weighted by Crippen LogP contribution is -2.03. The van der Waals surface area contributed by atoms with E-state index in [1.165, 1.54) is 0 Å². The molecule has 0 heterocycles. The molecule has 0 aromatic heterocycles. The zero-order valence-corrected chi connectivity index (χ0v) is 11.4. The van der Waals surface area contributed by atoms with Gasteiger partial charge in [0.25, 0.3) is 0 Å². The number of nitriles is 1. The number of rotatable bonds is 6. The van der Waals surface area contributed by atoms with Crippen molar-refractivity contribution in [2.45, 2.75) is 20.8 Å². The van der Waals surface area contributed by atoms with Crippen LogP contribution in [0.5, 0.6) is 17.2 Å². The van der Waals surface area contributed by atoms with Crippen LogP contribution in [0.4, 0.5) is 0 Å². The third kappa shape index (κ3) is 4.12. The van der Waals surface area contributed by atoms with E-state index in [1.54, 1.807) is 18.2 Å². The molecule has 1 aromatic rings. The van der Waals surface area contributed by atoms with E-state index >= 15 is 0 Å². The minimum absolute atomic E-state index is 0.515. The molecule has 0 saturated carbocycles. The highest BCUT2D eigenvalue weighted by Gasteiger charge is 2.14. The molecule has 19 heavy (non-hydrogen) atoms. The number of ether oxygens (including phenoxy) is 3. The molecule has 0 saturated heterocycles. The lowest BCUT2D eigenvalue weighted by molar-refractivity contribution is 0.260. The van der Waals surface area contributed by atoms with Gasteiger partial charge in [0.1, 0.15) is 0 Å². The van der Waals surface area contributed by atoms with E-state index in [-0.39, 0.29) is 0 Å². The third-order valence-corrected chi connectivity index (χ3v) is 2.17. The predicted octanol–water partition coefficient (Wildman–Crippen LogP) is 2.76. The van der Waals surface area contributed by atoms with Gasteiger partial charge in [0, 0.05) is 11.5 Å². The molecule has 0 atom stereocenters. The van der Waals surface area contributed by atoms with Gasteiger partial charge in [-0.1, -0.05) is 5.92 Å². The van der Waals surface area contributed by atoms with E-state index in [9.17, 15) is 0 Å². The molecule has 0 amide bonds. The quantitative estimate of drug-likeness (QED) is 0.737. The minimum Gasteiger partial charge on any atom is -0.490 e. The van der Waals surface area contributed by atoms with Crippen molar-refractivity contribution < 1.29 is 14.2 Å². The fraction of sp³-hybridized carbons (Fsp3) is 0.400. The fourth-order valence-electron chi connectivity index (χ4n) is 1.56. The van der Waals surface area contributed by atoms with Gasteiger partial charge in [0.2, 0.25) is 5.75 Å². The first kappa shape index (κ1) is 14.7. The monoisotopic (exact) mass is 259 g/mol. The summed E-state index contributed by atoms with van der Waals surface area (Å²) in [5, 5.41) is 8.50. The zero-order valence-electron chi connectivity index (χ0n) is 11.4. The molecule has 0 bridgehead atoms. The lowest BCUT2D eigenvalue weighted by atomic mass is 10.2. The van der Waals surface area contributed by atoms with Crippen LogP contribution < -0.4 is 14.2 Å². The van der Waals surface area contributed by atoms with Crippen molar-refractivity contribution in [1.82, 2.24) is 0 Å². The second-order valence-electron chi connectivity index (χ2n) is 3.46. The summed E-state index contributed by atoms with van der Waals surface area (Å²) in [5.74, 6) is 6.83. The van der Waals surface area contributed by atoms with Crippen molar-refractivity contribution in [2.75, 3.05) is 19.8 Å². The van der Waals surface area contributed by atoms with Crippen molar-refractivity contribution >= 4 is 0 Å². The average molecular weight is 259 g/mol. The number of hydrogen-bond donors (Lipinski definition) is 0. The van der Waals surface area contributed by atoms with E-state index < -0.39 is 0 Å². The summed E-state index contributed by atoms with van der Waals surface area (Å²) in [7, 11) is 0. The lowest BCUT2D eigenvalue weighted by Gasteiger charge is -2.15. The van der Waals surface area contributed by atoms with Gasteiger partial charge in [-0.25, -0.2) is 0 Å². The van der Waals surface area contributed by atoms with Crippen LogP contribution in [0.3, 0.4) is 0 Å². The van der Waals surface area contributed by atoms with Gasteiger partial charge in [-0.3, -0.25) is 0 Å². The smallest absolute Gasteiger partial charge is 0.203 e. The van der Waals surface area contributed by atoms with E-state index in [0.717, 1.165) is 0 Å². The molecule has 100 valence electrons. The molecule has 1 rings (SSSR count). The van der Waals surface area contributed by atoms with Gasteiger partial charge in [-0.05, 0) is 32.9 Å².